The van der Waals surface area contributed by atoms with Crippen molar-refractivity contribution in [3.8, 4) is 0 Å². The zero-order valence-corrected chi connectivity index (χ0v) is 11.7. The molecule has 5 heteroatoms. The zero-order chi connectivity index (χ0) is 14.0. The number of hydrogen-bond donors (Lipinski definition) is 1. The molecule has 0 fully saturated rings. The highest BCUT2D eigenvalue weighted by Gasteiger charge is 2.18. The van der Waals surface area contributed by atoms with E-state index in [1.807, 2.05) is 32.0 Å². The maximum absolute atomic E-state index is 12.3. The summed E-state index contributed by atoms with van der Waals surface area (Å²) in [6.45, 7) is 3.90. The lowest BCUT2D eigenvalue weighted by Crippen LogP contribution is -2.08. The van der Waals surface area contributed by atoms with Crippen LogP contribution in [-0.4, -0.2) is 13.4 Å². The monoisotopic (exact) mass is 276 g/mol. The Bertz CT molecular complexity index is 689. The van der Waals surface area contributed by atoms with Gasteiger partial charge in [0.25, 0.3) is 0 Å². The van der Waals surface area contributed by atoms with Crippen molar-refractivity contribution >= 4 is 15.5 Å². The lowest BCUT2D eigenvalue weighted by molar-refractivity contribution is 0.595. The maximum atomic E-state index is 12.3. The minimum Gasteiger partial charge on any atom is -0.396 e. The molecule has 1 heterocycles. The van der Waals surface area contributed by atoms with Crippen LogP contribution in [0.1, 0.15) is 16.7 Å². The fourth-order valence-corrected chi connectivity index (χ4v) is 3.57. The van der Waals surface area contributed by atoms with Gasteiger partial charge in [-0.3, -0.25) is 4.98 Å². The zero-order valence-electron chi connectivity index (χ0n) is 10.9. The Balaban J connectivity index is 2.39. The molecule has 4 nitrogen and oxygen atoms in total. The molecule has 0 amide bonds. The molecule has 0 spiro atoms. The number of aromatic nitrogens is 1. The first kappa shape index (κ1) is 13.5. The van der Waals surface area contributed by atoms with Crippen LogP contribution in [0.15, 0.2) is 41.6 Å². The van der Waals surface area contributed by atoms with Crippen molar-refractivity contribution in [3.05, 3.63) is 53.3 Å². The van der Waals surface area contributed by atoms with Gasteiger partial charge < -0.3 is 5.73 Å². The van der Waals surface area contributed by atoms with E-state index in [1.54, 1.807) is 0 Å². The number of benzene rings is 1. The Kier molecular flexibility index (Phi) is 3.57. The Morgan fingerprint density at radius 1 is 1.16 bits per heavy atom. The van der Waals surface area contributed by atoms with E-state index in [4.69, 9.17) is 5.73 Å². The van der Waals surface area contributed by atoms with Crippen LogP contribution >= 0.6 is 0 Å². The number of pyridine rings is 1. The summed E-state index contributed by atoms with van der Waals surface area (Å²) < 4.78 is 24.7. The normalized spacial score (nSPS) is 11.5. The van der Waals surface area contributed by atoms with Crippen molar-refractivity contribution in [2.75, 3.05) is 5.73 Å². The van der Waals surface area contributed by atoms with Gasteiger partial charge in [0.1, 0.15) is 0 Å². The molecule has 0 saturated heterocycles. The minimum atomic E-state index is -3.44. The lowest BCUT2D eigenvalue weighted by atomic mass is 10.1. The van der Waals surface area contributed by atoms with E-state index in [-0.39, 0.29) is 16.3 Å². The van der Waals surface area contributed by atoms with Gasteiger partial charge >= 0.3 is 0 Å². The van der Waals surface area contributed by atoms with Gasteiger partial charge in [-0.05, 0) is 25.5 Å². The predicted octanol–water partition coefficient (Wildman–Crippen LogP) is 2.25. The van der Waals surface area contributed by atoms with Crippen molar-refractivity contribution < 1.29 is 8.42 Å². The maximum Gasteiger partial charge on any atom is 0.184 e. The van der Waals surface area contributed by atoms with E-state index in [2.05, 4.69) is 4.98 Å². The Morgan fingerprint density at radius 2 is 1.79 bits per heavy atom. The molecule has 0 radical (unpaired) electrons. The van der Waals surface area contributed by atoms with Crippen LogP contribution in [0.25, 0.3) is 0 Å². The number of rotatable bonds is 3. The topological polar surface area (TPSA) is 73.0 Å². The molecule has 0 aliphatic carbocycles. The van der Waals surface area contributed by atoms with E-state index >= 15 is 0 Å². The van der Waals surface area contributed by atoms with Gasteiger partial charge in [-0.1, -0.05) is 29.3 Å². The molecule has 0 unspecified atom stereocenters. The van der Waals surface area contributed by atoms with Crippen LogP contribution in [0.5, 0.6) is 0 Å². The van der Waals surface area contributed by atoms with Crippen molar-refractivity contribution in [2.45, 2.75) is 24.5 Å². The number of nitrogen functional groups attached to an aromatic ring is 1. The van der Waals surface area contributed by atoms with Gasteiger partial charge in [-0.25, -0.2) is 8.42 Å². The summed E-state index contributed by atoms with van der Waals surface area (Å²) in [7, 11) is -3.44. The molecule has 1 aromatic heterocycles. The minimum absolute atomic E-state index is 0.0519. The highest BCUT2D eigenvalue weighted by molar-refractivity contribution is 7.90. The van der Waals surface area contributed by atoms with Crippen molar-refractivity contribution in [2.24, 2.45) is 0 Å². The van der Waals surface area contributed by atoms with Crippen LogP contribution in [0.4, 0.5) is 5.69 Å². The molecule has 2 aromatic rings. The van der Waals surface area contributed by atoms with Gasteiger partial charge in [0.2, 0.25) is 0 Å². The van der Waals surface area contributed by atoms with E-state index in [1.165, 1.54) is 18.5 Å². The third-order valence-electron chi connectivity index (χ3n) is 2.78. The summed E-state index contributed by atoms with van der Waals surface area (Å²) in [5.41, 5.74) is 8.74. The largest absolute Gasteiger partial charge is 0.396 e. The average Bonchev–Trinajstić information content (AvgIpc) is 2.26. The van der Waals surface area contributed by atoms with E-state index < -0.39 is 9.84 Å². The molecular weight excluding hydrogens is 260 g/mol. The second-order valence-corrected chi connectivity index (χ2v) is 6.63. The molecule has 0 bridgehead atoms. The van der Waals surface area contributed by atoms with Gasteiger partial charge in [0.15, 0.2) is 9.84 Å². The molecule has 0 saturated carbocycles. The van der Waals surface area contributed by atoms with Crippen LogP contribution in [0.3, 0.4) is 0 Å². The molecule has 1 aromatic carbocycles. The van der Waals surface area contributed by atoms with Gasteiger partial charge in [-0.2, -0.15) is 0 Å². The van der Waals surface area contributed by atoms with Crippen LogP contribution in [0, 0.1) is 13.8 Å². The fourth-order valence-electron chi connectivity index (χ4n) is 2.13. The first-order valence-corrected chi connectivity index (χ1v) is 7.53. The predicted molar refractivity (Wildman–Crippen MR) is 75.5 cm³/mol. The highest BCUT2D eigenvalue weighted by Crippen LogP contribution is 2.22. The summed E-state index contributed by atoms with van der Waals surface area (Å²) in [5, 5.41) is 0. The molecule has 0 aliphatic rings. The highest BCUT2D eigenvalue weighted by atomic mass is 32.2. The SMILES string of the molecule is Cc1cc(C)cc(CS(=O)(=O)c2ccncc2N)c1. The van der Waals surface area contributed by atoms with Gasteiger partial charge in [0, 0.05) is 6.20 Å². The second-order valence-electron chi connectivity index (χ2n) is 4.67. The van der Waals surface area contributed by atoms with Crippen molar-refractivity contribution in [1.82, 2.24) is 4.98 Å². The van der Waals surface area contributed by atoms with Crippen LogP contribution in [-0.2, 0) is 15.6 Å². The second kappa shape index (κ2) is 5.01. The average molecular weight is 276 g/mol. The first-order chi connectivity index (χ1) is 8.88. The molecule has 2 rings (SSSR count). The quantitative estimate of drug-likeness (QED) is 0.933. The molecule has 2 N–H and O–H groups in total. The number of hydrogen-bond acceptors (Lipinski definition) is 4. The van der Waals surface area contributed by atoms with E-state index in [9.17, 15) is 8.42 Å². The van der Waals surface area contributed by atoms with Crippen LogP contribution in [0.2, 0.25) is 0 Å². The van der Waals surface area contributed by atoms with Crippen LogP contribution < -0.4 is 5.73 Å². The third kappa shape index (κ3) is 3.12. The number of nitrogens with zero attached hydrogens (tertiary/aromatic N) is 1. The first-order valence-electron chi connectivity index (χ1n) is 5.88. The molecule has 19 heavy (non-hydrogen) atoms. The molecule has 0 aliphatic heterocycles. The number of aryl methyl sites for hydroxylation is 2. The van der Waals surface area contributed by atoms with Crippen molar-refractivity contribution in [3.63, 3.8) is 0 Å². The summed E-state index contributed by atoms with van der Waals surface area (Å²) in [4.78, 5) is 3.94. The van der Waals surface area contributed by atoms with Gasteiger partial charge in [-0.15, -0.1) is 0 Å². The summed E-state index contributed by atoms with van der Waals surface area (Å²) >= 11 is 0. The molecular formula is C14H16N2O2S. The smallest absolute Gasteiger partial charge is 0.184 e. The van der Waals surface area contributed by atoms with E-state index in [0.717, 1.165) is 16.7 Å². The Labute approximate surface area is 113 Å². The van der Waals surface area contributed by atoms with E-state index in [0.29, 0.717) is 0 Å². The number of nitrogens with two attached hydrogens (primary N) is 1. The number of anilines is 1. The Morgan fingerprint density at radius 3 is 2.37 bits per heavy atom. The number of sulfone groups is 1. The lowest BCUT2D eigenvalue weighted by Gasteiger charge is -2.08. The summed E-state index contributed by atoms with van der Waals surface area (Å²) in [5.74, 6) is -0.0519. The molecule has 0 atom stereocenters. The Hall–Kier alpha value is -1.88. The third-order valence-corrected chi connectivity index (χ3v) is 4.54. The van der Waals surface area contributed by atoms with Gasteiger partial charge in [0.05, 0.1) is 22.5 Å². The summed E-state index contributed by atoms with van der Waals surface area (Å²) in [6, 6.07) is 7.20. The summed E-state index contributed by atoms with van der Waals surface area (Å²) in [6.07, 6.45) is 2.79. The standard InChI is InChI=1S/C14H16N2O2S/c1-10-5-11(2)7-12(6-10)9-19(17,18)14-3-4-16-8-13(14)15/h3-8H,9,15H2,1-2H3. The molecule has 100 valence electrons. The fraction of sp³-hybridized carbons (Fsp3) is 0.214. The van der Waals surface area contributed by atoms with Crippen molar-refractivity contribution in [1.29, 1.82) is 0 Å².